The van der Waals surface area contributed by atoms with Crippen molar-refractivity contribution in [2.75, 3.05) is 0 Å². The number of aromatic nitrogens is 3. The third-order valence-corrected chi connectivity index (χ3v) is 4.77. The summed E-state index contributed by atoms with van der Waals surface area (Å²) < 4.78 is 12.5. The van der Waals surface area contributed by atoms with Gasteiger partial charge in [0, 0.05) is 19.5 Å². The summed E-state index contributed by atoms with van der Waals surface area (Å²) >= 11 is 0. The van der Waals surface area contributed by atoms with E-state index in [1.165, 1.54) is 0 Å². The summed E-state index contributed by atoms with van der Waals surface area (Å²) in [6, 6.07) is 9.19. The van der Waals surface area contributed by atoms with Gasteiger partial charge in [-0.25, -0.2) is 4.98 Å². The molecule has 144 valence electrons. The molecule has 0 aliphatic carbocycles. The van der Waals surface area contributed by atoms with E-state index in [2.05, 4.69) is 15.4 Å². The fourth-order valence-corrected chi connectivity index (χ4v) is 3.36. The standard InChI is InChI=1S/C21H22N4O3/c1-13(8-9-15-6-4-10-27-15)22-21(26)16-12-17(18-7-5-11-28-18)23-20-19(16)14(2)24-25(20)3/h4-7,10-13H,8-9H2,1-3H3,(H,22,26)/t13-/m0/s1. The molecule has 1 atom stereocenters. The van der Waals surface area contributed by atoms with Crippen molar-refractivity contribution >= 4 is 16.9 Å². The SMILES string of the molecule is Cc1nn(C)c2nc(-c3ccco3)cc(C(=O)N[C@@H](C)CCc3ccco3)c12. The van der Waals surface area contributed by atoms with Crippen molar-refractivity contribution in [1.29, 1.82) is 0 Å². The predicted octanol–water partition coefficient (Wildman–Crippen LogP) is 3.88. The Morgan fingerprint density at radius 1 is 1.25 bits per heavy atom. The van der Waals surface area contributed by atoms with E-state index in [0.29, 0.717) is 22.7 Å². The van der Waals surface area contributed by atoms with Crippen molar-refractivity contribution in [1.82, 2.24) is 20.1 Å². The zero-order chi connectivity index (χ0) is 19.7. The lowest BCUT2D eigenvalue weighted by Gasteiger charge is -2.14. The first-order chi connectivity index (χ1) is 13.5. The van der Waals surface area contributed by atoms with Crippen molar-refractivity contribution in [3.8, 4) is 11.5 Å². The summed E-state index contributed by atoms with van der Waals surface area (Å²) in [7, 11) is 1.82. The topological polar surface area (TPSA) is 86.1 Å². The van der Waals surface area contributed by atoms with E-state index in [1.807, 2.05) is 39.1 Å². The molecule has 0 saturated carbocycles. The summed E-state index contributed by atoms with van der Waals surface area (Å²) in [4.78, 5) is 17.7. The highest BCUT2D eigenvalue weighted by Crippen LogP contribution is 2.27. The van der Waals surface area contributed by atoms with Crippen LogP contribution in [-0.2, 0) is 13.5 Å². The highest BCUT2D eigenvalue weighted by molar-refractivity contribution is 6.07. The number of nitrogens with one attached hydrogen (secondary N) is 1. The number of nitrogens with zero attached hydrogens (tertiary/aromatic N) is 3. The molecule has 0 radical (unpaired) electrons. The molecular weight excluding hydrogens is 356 g/mol. The maximum atomic E-state index is 13.1. The van der Waals surface area contributed by atoms with Crippen molar-refractivity contribution in [2.24, 2.45) is 7.05 Å². The van der Waals surface area contributed by atoms with E-state index < -0.39 is 0 Å². The lowest BCUT2D eigenvalue weighted by Crippen LogP contribution is -2.33. The quantitative estimate of drug-likeness (QED) is 0.550. The molecule has 0 aromatic carbocycles. The van der Waals surface area contributed by atoms with Gasteiger partial charge in [-0.2, -0.15) is 5.10 Å². The first kappa shape index (κ1) is 18.0. The average molecular weight is 378 g/mol. The van der Waals surface area contributed by atoms with Gasteiger partial charge < -0.3 is 14.2 Å². The van der Waals surface area contributed by atoms with Crippen molar-refractivity contribution in [3.05, 3.63) is 59.9 Å². The number of aryl methyl sites for hydroxylation is 3. The van der Waals surface area contributed by atoms with Crippen LogP contribution in [0.25, 0.3) is 22.5 Å². The Kier molecular flexibility index (Phi) is 4.73. The van der Waals surface area contributed by atoms with E-state index in [1.54, 1.807) is 29.3 Å². The van der Waals surface area contributed by atoms with Gasteiger partial charge in [-0.3, -0.25) is 9.48 Å². The van der Waals surface area contributed by atoms with Crippen LogP contribution in [0.1, 0.15) is 35.2 Å². The Balaban J connectivity index is 1.63. The second-order valence-electron chi connectivity index (χ2n) is 6.93. The number of carbonyl (C=O) groups excluding carboxylic acids is 1. The first-order valence-corrected chi connectivity index (χ1v) is 9.24. The van der Waals surface area contributed by atoms with E-state index in [0.717, 1.165) is 29.7 Å². The average Bonchev–Trinajstić information content (AvgIpc) is 3.42. The molecule has 0 aliphatic heterocycles. The van der Waals surface area contributed by atoms with Crippen molar-refractivity contribution in [2.45, 2.75) is 32.7 Å². The largest absolute Gasteiger partial charge is 0.469 e. The summed E-state index contributed by atoms with van der Waals surface area (Å²) in [5.41, 5.74) is 2.57. The summed E-state index contributed by atoms with van der Waals surface area (Å²) in [6.07, 6.45) is 4.80. The third kappa shape index (κ3) is 3.43. The molecule has 0 aliphatic rings. The van der Waals surface area contributed by atoms with Gasteiger partial charge in [-0.05, 0) is 50.6 Å². The number of furan rings is 2. The van der Waals surface area contributed by atoms with Gasteiger partial charge in [0.1, 0.15) is 11.5 Å². The molecule has 7 nitrogen and oxygen atoms in total. The monoisotopic (exact) mass is 378 g/mol. The molecule has 4 aromatic rings. The lowest BCUT2D eigenvalue weighted by atomic mass is 10.1. The highest BCUT2D eigenvalue weighted by Gasteiger charge is 2.21. The van der Waals surface area contributed by atoms with Gasteiger partial charge in [0.15, 0.2) is 11.4 Å². The molecule has 0 saturated heterocycles. The molecule has 7 heteroatoms. The number of amides is 1. The Morgan fingerprint density at radius 3 is 2.75 bits per heavy atom. The Labute approximate surface area is 162 Å². The predicted molar refractivity (Wildman–Crippen MR) is 105 cm³/mol. The molecular formula is C21H22N4O3. The molecule has 0 fully saturated rings. The maximum Gasteiger partial charge on any atom is 0.252 e. The van der Waals surface area contributed by atoms with Crippen LogP contribution >= 0.6 is 0 Å². The third-order valence-electron chi connectivity index (χ3n) is 4.77. The summed E-state index contributed by atoms with van der Waals surface area (Å²) in [5.74, 6) is 1.37. The fourth-order valence-electron chi connectivity index (χ4n) is 3.36. The van der Waals surface area contributed by atoms with Crippen LogP contribution in [0.15, 0.2) is 51.7 Å². The minimum Gasteiger partial charge on any atom is -0.469 e. The normalized spacial score (nSPS) is 12.4. The van der Waals surface area contributed by atoms with Crippen molar-refractivity contribution < 1.29 is 13.6 Å². The van der Waals surface area contributed by atoms with Gasteiger partial charge in [0.2, 0.25) is 0 Å². The van der Waals surface area contributed by atoms with Crippen LogP contribution < -0.4 is 5.32 Å². The number of carbonyl (C=O) groups is 1. The van der Waals surface area contributed by atoms with E-state index in [-0.39, 0.29) is 11.9 Å². The van der Waals surface area contributed by atoms with E-state index in [9.17, 15) is 4.79 Å². The fraction of sp³-hybridized carbons (Fsp3) is 0.286. The Morgan fingerprint density at radius 2 is 2.04 bits per heavy atom. The second-order valence-corrected chi connectivity index (χ2v) is 6.93. The maximum absolute atomic E-state index is 13.1. The molecule has 0 unspecified atom stereocenters. The molecule has 4 aromatic heterocycles. The lowest BCUT2D eigenvalue weighted by molar-refractivity contribution is 0.0939. The Bertz CT molecular complexity index is 1090. The zero-order valence-corrected chi connectivity index (χ0v) is 16.1. The van der Waals surface area contributed by atoms with Gasteiger partial charge in [-0.1, -0.05) is 0 Å². The summed E-state index contributed by atoms with van der Waals surface area (Å²) in [5, 5.41) is 8.28. The first-order valence-electron chi connectivity index (χ1n) is 9.24. The molecule has 4 heterocycles. The van der Waals surface area contributed by atoms with E-state index in [4.69, 9.17) is 8.83 Å². The van der Waals surface area contributed by atoms with Crippen LogP contribution in [0, 0.1) is 6.92 Å². The molecule has 0 spiro atoms. The van der Waals surface area contributed by atoms with Gasteiger partial charge >= 0.3 is 0 Å². The second kappa shape index (κ2) is 7.34. The zero-order valence-electron chi connectivity index (χ0n) is 16.1. The minimum absolute atomic E-state index is 0.00939. The molecule has 0 bridgehead atoms. The van der Waals surface area contributed by atoms with Gasteiger partial charge in [-0.15, -0.1) is 0 Å². The number of hydrogen-bond donors (Lipinski definition) is 1. The molecule has 1 N–H and O–H groups in total. The minimum atomic E-state index is -0.150. The number of rotatable bonds is 6. The Hall–Kier alpha value is -3.35. The van der Waals surface area contributed by atoms with Gasteiger partial charge in [0.25, 0.3) is 5.91 Å². The summed E-state index contributed by atoms with van der Waals surface area (Å²) in [6.45, 7) is 3.87. The van der Waals surface area contributed by atoms with Crippen LogP contribution in [0.5, 0.6) is 0 Å². The smallest absolute Gasteiger partial charge is 0.252 e. The van der Waals surface area contributed by atoms with E-state index >= 15 is 0 Å². The van der Waals surface area contributed by atoms with Crippen LogP contribution in [0.3, 0.4) is 0 Å². The molecule has 28 heavy (non-hydrogen) atoms. The van der Waals surface area contributed by atoms with Crippen molar-refractivity contribution in [3.63, 3.8) is 0 Å². The van der Waals surface area contributed by atoms with Crippen LogP contribution in [0.2, 0.25) is 0 Å². The van der Waals surface area contributed by atoms with Crippen LogP contribution in [0.4, 0.5) is 0 Å². The van der Waals surface area contributed by atoms with Crippen LogP contribution in [-0.4, -0.2) is 26.7 Å². The van der Waals surface area contributed by atoms with Gasteiger partial charge in [0.05, 0.1) is 29.2 Å². The molecule has 4 rings (SSSR count). The number of pyridine rings is 1. The number of fused-ring (bicyclic) bond motifs is 1. The molecule has 1 amide bonds. The highest BCUT2D eigenvalue weighted by atomic mass is 16.3. The number of hydrogen-bond acceptors (Lipinski definition) is 5.